The number of hydrogen-bond donors (Lipinski definition) is 1. The van der Waals surface area contributed by atoms with Crippen LogP contribution in [0.3, 0.4) is 0 Å². The molecule has 0 fully saturated rings. The smallest absolute Gasteiger partial charge is 0.319 e. The van der Waals surface area contributed by atoms with Gasteiger partial charge in [-0.15, -0.1) is 0 Å². The number of aliphatic hydroxyl groups excluding tert-OH is 1. The van der Waals surface area contributed by atoms with Crippen molar-refractivity contribution in [2.45, 2.75) is 26.4 Å². The predicted molar refractivity (Wildman–Crippen MR) is 50.4 cm³/mol. The second kappa shape index (κ2) is 6.86. The number of methoxy groups -OCH3 is 1. The van der Waals surface area contributed by atoms with Gasteiger partial charge in [-0.05, 0) is 13.0 Å². The van der Waals surface area contributed by atoms with Crippen LogP contribution in [0.5, 0.6) is 0 Å². The molecule has 0 aliphatic carbocycles. The van der Waals surface area contributed by atoms with Gasteiger partial charge in [-0.2, -0.15) is 0 Å². The van der Waals surface area contributed by atoms with E-state index in [2.05, 4.69) is 4.74 Å². The summed E-state index contributed by atoms with van der Waals surface area (Å²) in [6, 6.07) is 0. The number of hydrogen-bond acceptors (Lipinski definition) is 4. The first-order chi connectivity index (χ1) is 6.13. The second-order valence-electron chi connectivity index (χ2n) is 2.97. The Bertz CT molecular complexity index is 150. The summed E-state index contributed by atoms with van der Waals surface area (Å²) in [5.74, 6) is -0.259. The van der Waals surface area contributed by atoms with E-state index in [1.54, 1.807) is 0 Å². The topological polar surface area (TPSA) is 49.8 Å². The maximum atomic E-state index is 10.9. The largest absolute Gasteiger partial charge is 0.468 e. The summed E-state index contributed by atoms with van der Waals surface area (Å²) in [6.45, 7) is 5.39. The van der Waals surface area contributed by atoms with Gasteiger partial charge in [0.05, 0.1) is 19.8 Å². The van der Waals surface area contributed by atoms with Crippen LogP contribution >= 0.6 is 0 Å². The van der Waals surface area contributed by atoms with E-state index in [1.165, 1.54) is 7.11 Å². The lowest BCUT2D eigenvalue weighted by Gasteiger charge is -2.21. The second-order valence-corrected chi connectivity index (χ2v) is 2.97. The van der Waals surface area contributed by atoms with E-state index in [9.17, 15) is 9.90 Å². The zero-order valence-corrected chi connectivity index (χ0v) is 8.62. The molecule has 0 aliphatic heterocycles. The van der Waals surface area contributed by atoms with Crippen molar-refractivity contribution in [3.63, 3.8) is 0 Å². The Morgan fingerprint density at radius 2 is 2.15 bits per heavy atom. The van der Waals surface area contributed by atoms with Gasteiger partial charge in [0, 0.05) is 6.54 Å². The van der Waals surface area contributed by atoms with Crippen molar-refractivity contribution < 1.29 is 14.6 Å². The summed E-state index contributed by atoms with van der Waals surface area (Å²) in [4.78, 5) is 12.8. The fraction of sp³-hybridized carbons (Fsp3) is 0.889. The highest BCUT2D eigenvalue weighted by Gasteiger charge is 2.12. The zero-order valence-electron chi connectivity index (χ0n) is 8.62. The number of ether oxygens (including phenoxy) is 1. The average Bonchev–Trinajstić information content (AvgIpc) is 2.16. The highest BCUT2D eigenvalue weighted by Crippen LogP contribution is 1.96. The van der Waals surface area contributed by atoms with Crippen LogP contribution in [-0.2, 0) is 9.53 Å². The van der Waals surface area contributed by atoms with E-state index >= 15 is 0 Å². The van der Waals surface area contributed by atoms with Gasteiger partial charge in [0.2, 0.25) is 0 Å². The molecular weight excluding hydrogens is 170 g/mol. The Balaban J connectivity index is 3.81. The first-order valence-corrected chi connectivity index (χ1v) is 4.61. The Morgan fingerprint density at radius 1 is 1.54 bits per heavy atom. The lowest BCUT2D eigenvalue weighted by Crippen LogP contribution is -2.36. The molecule has 1 N–H and O–H groups in total. The average molecular weight is 189 g/mol. The Hall–Kier alpha value is -0.610. The van der Waals surface area contributed by atoms with E-state index in [-0.39, 0.29) is 18.6 Å². The summed E-state index contributed by atoms with van der Waals surface area (Å²) in [7, 11) is 1.37. The normalized spacial score (nSPS) is 13.0. The van der Waals surface area contributed by atoms with Crippen LogP contribution in [-0.4, -0.2) is 48.8 Å². The fourth-order valence-corrected chi connectivity index (χ4v) is 0.980. The lowest BCUT2D eigenvalue weighted by molar-refractivity contribution is -0.142. The first-order valence-electron chi connectivity index (χ1n) is 4.61. The molecule has 0 heterocycles. The molecule has 4 nitrogen and oxygen atoms in total. The summed E-state index contributed by atoms with van der Waals surface area (Å²) < 4.78 is 4.54. The van der Waals surface area contributed by atoms with E-state index < -0.39 is 0 Å². The monoisotopic (exact) mass is 189 g/mol. The van der Waals surface area contributed by atoms with Gasteiger partial charge in [0.25, 0.3) is 0 Å². The molecule has 4 heteroatoms. The Kier molecular flexibility index (Phi) is 6.54. The lowest BCUT2D eigenvalue weighted by atomic mass is 10.2. The number of carbonyl (C=O) groups excluding carboxylic acids is 1. The minimum atomic E-state index is -0.357. The van der Waals surface area contributed by atoms with Crippen LogP contribution in [0.2, 0.25) is 0 Å². The molecule has 1 unspecified atom stereocenters. The van der Waals surface area contributed by atoms with Gasteiger partial charge in [0.15, 0.2) is 0 Å². The highest BCUT2D eigenvalue weighted by atomic mass is 16.5. The number of likely N-dealkylation sites (N-methyl/N-ethyl adjacent to an activating group) is 1. The van der Waals surface area contributed by atoms with Gasteiger partial charge in [-0.25, -0.2) is 0 Å². The zero-order chi connectivity index (χ0) is 10.3. The van der Waals surface area contributed by atoms with Crippen LogP contribution in [0.25, 0.3) is 0 Å². The van der Waals surface area contributed by atoms with Crippen molar-refractivity contribution in [2.24, 2.45) is 0 Å². The molecule has 0 amide bonds. The SMILES string of the molecule is CCC(O)CN(CC)CC(=O)OC. The summed E-state index contributed by atoms with van der Waals surface area (Å²) in [5, 5.41) is 9.35. The van der Waals surface area contributed by atoms with Crippen molar-refractivity contribution in [1.29, 1.82) is 0 Å². The molecule has 0 aromatic carbocycles. The van der Waals surface area contributed by atoms with E-state index in [1.807, 2.05) is 18.7 Å². The highest BCUT2D eigenvalue weighted by molar-refractivity contribution is 5.71. The van der Waals surface area contributed by atoms with Crippen molar-refractivity contribution in [3.05, 3.63) is 0 Å². The van der Waals surface area contributed by atoms with Gasteiger partial charge in [-0.1, -0.05) is 13.8 Å². The van der Waals surface area contributed by atoms with Crippen molar-refractivity contribution in [1.82, 2.24) is 4.90 Å². The Morgan fingerprint density at radius 3 is 2.54 bits per heavy atom. The molecule has 0 bridgehead atoms. The quantitative estimate of drug-likeness (QED) is 0.609. The maximum absolute atomic E-state index is 10.9. The molecule has 0 spiro atoms. The molecule has 0 rings (SSSR count). The number of rotatable bonds is 6. The van der Waals surface area contributed by atoms with Crippen LogP contribution < -0.4 is 0 Å². The van der Waals surface area contributed by atoms with Gasteiger partial charge in [-0.3, -0.25) is 9.69 Å². The molecule has 0 saturated heterocycles. The third kappa shape index (κ3) is 5.60. The molecule has 0 saturated carbocycles. The molecular formula is C9H19NO3. The number of carbonyl (C=O) groups is 1. The summed E-state index contributed by atoms with van der Waals surface area (Å²) in [5.41, 5.74) is 0. The summed E-state index contributed by atoms with van der Waals surface area (Å²) >= 11 is 0. The van der Waals surface area contributed by atoms with Crippen LogP contribution in [0, 0.1) is 0 Å². The van der Waals surface area contributed by atoms with Crippen LogP contribution in [0.1, 0.15) is 20.3 Å². The maximum Gasteiger partial charge on any atom is 0.319 e. The van der Waals surface area contributed by atoms with Crippen molar-refractivity contribution >= 4 is 5.97 Å². The minimum Gasteiger partial charge on any atom is -0.468 e. The number of nitrogens with zero attached hydrogens (tertiary/aromatic N) is 1. The standard InChI is InChI=1S/C9H19NO3/c1-4-8(11)6-10(5-2)7-9(12)13-3/h8,11H,4-7H2,1-3H3. The Labute approximate surface area is 79.5 Å². The minimum absolute atomic E-state index is 0.254. The van der Waals surface area contributed by atoms with E-state index in [0.717, 1.165) is 6.54 Å². The molecule has 0 radical (unpaired) electrons. The molecule has 0 aromatic heterocycles. The van der Waals surface area contributed by atoms with E-state index in [4.69, 9.17) is 0 Å². The molecule has 0 aliphatic rings. The molecule has 78 valence electrons. The number of aliphatic hydroxyl groups is 1. The molecule has 0 aromatic rings. The molecule has 13 heavy (non-hydrogen) atoms. The van der Waals surface area contributed by atoms with Gasteiger partial charge in [0.1, 0.15) is 0 Å². The van der Waals surface area contributed by atoms with Crippen molar-refractivity contribution in [3.8, 4) is 0 Å². The van der Waals surface area contributed by atoms with Crippen LogP contribution in [0.15, 0.2) is 0 Å². The third-order valence-electron chi connectivity index (χ3n) is 1.97. The number of esters is 1. The first kappa shape index (κ1) is 12.4. The summed E-state index contributed by atoms with van der Waals surface area (Å²) in [6.07, 6.45) is 0.349. The van der Waals surface area contributed by atoms with Crippen molar-refractivity contribution in [2.75, 3.05) is 26.7 Å². The fourth-order valence-electron chi connectivity index (χ4n) is 0.980. The van der Waals surface area contributed by atoms with Gasteiger partial charge < -0.3 is 9.84 Å². The van der Waals surface area contributed by atoms with Gasteiger partial charge >= 0.3 is 5.97 Å². The van der Waals surface area contributed by atoms with E-state index in [0.29, 0.717) is 13.0 Å². The van der Waals surface area contributed by atoms with Crippen LogP contribution in [0.4, 0.5) is 0 Å². The third-order valence-corrected chi connectivity index (χ3v) is 1.97. The molecule has 1 atom stereocenters. The predicted octanol–water partition coefficient (Wildman–Crippen LogP) is 0.252.